The van der Waals surface area contributed by atoms with Crippen LogP contribution >= 0.6 is 0 Å². The van der Waals surface area contributed by atoms with Crippen LogP contribution < -0.4 is 10.1 Å². The van der Waals surface area contributed by atoms with Crippen molar-refractivity contribution in [1.29, 1.82) is 0 Å². The van der Waals surface area contributed by atoms with E-state index in [2.05, 4.69) is 5.32 Å². The van der Waals surface area contributed by atoms with Gasteiger partial charge in [-0.25, -0.2) is 0 Å². The van der Waals surface area contributed by atoms with Gasteiger partial charge < -0.3 is 15.2 Å². The maximum Gasteiger partial charge on any atom is 0.303 e. The molecule has 1 rings (SSSR count). The lowest BCUT2D eigenvalue weighted by atomic mass is 10.1. The van der Waals surface area contributed by atoms with Gasteiger partial charge in [0.05, 0.1) is 0 Å². The lowest BCUT2D eigenvalue weighted by Gasteiger charge is -2.14. The number of carbonyl (C=O) groups excluding carboxylic acids is 1. The molecule has 110 valence electrons. The van der Waals surface area contributed by atoms with E-state index in [1.807, 2.05) is 32.0 Å². The molecule has 0 aliphatic rings. The minimum Gasteiger partial charge on any atom is -0.483 e. The molecule has 0 bridgehead atoms. The van der Waals surface area contributed by atoms with E-state index in [1.165, 1.54) is 0 Å². The highest BCUT2D eigenvalue weighted by Crippen LogP contribution is 2.18. The van der Waals surface area contributed by atoms with Gasteiger partial charge in [0.2, 0.25) is 0 Å². The van der Waals surface area contributed by atoms with Crippen LogP contribution in [0.25, 0.3) is 0 Å². The van der Waals surface area contributed by atoms with E-state index in [0.717, 1.165) is 11.1 Å². The molecule has 1 aromatic carbocycles. The van der Waals surface area contributed by atoms with Crippen molar-refractivity contribution in [1.82, 2.24) is 5.32 Å². The third-order valence-electron chi connectivity index (χ3n) is 2.90. The fourth-order valence-corrected chi connectivity index (χ4v) is 1.73. The molecule has 0 radical (unpaired) electrons. The second-order valence-corrected chi connectivity index (χ2v) is 4.96. The number of carboxylic acids is 1. The molecular formula is C15H21NO4. The van der Waals surface area contributed by atoms with Gasteiger partial charge in [0, 0.05) is 12.5 Å². The lowest BCUT2D eigenvalue weighted by Crippen LogP contribution is -2.36. The van der Waals surface area contributed by atoms with Crippen molar-refractivity contribution >= 4 is 11.9 Å². The minimum absolute atomic E-state index is 0.0410. The number of rotatable bonds is 7. The predicted octanol–water partition coefficient (Wildman–Crippen LogP) is 2.05. The van der Waals surface area contributed by atoms with E-state index in [4.69, 9.17) is 9.84 Å². The van der Waals surface area contributed by atoms with Gasteiger partial charge in [0.1, 0.15) is 5.75 Å². The molecule has 1 amide bonds. The van der Waals surface area contributed by atoms with Crippen LogP contribution in [0.4, 0.5) is 0 Å². The number of aryl methyl sites for hydroxylation is 2. The van der Waals surface area contributed by atoms with Crippen molar-refractivity contribution < 1.29 is 19.4 Å². The van der Waals surface area contributed by atoms with E-state index < -0.39 is 5.97 Å². The Labute approximate surface area is 118 Å². The van der Waals surface area contributed by atoms with Crippen molar-refractivity contribution in [3.8, 4) is 5.75 Å². The molecule has 0 aliphatic heterocycles. The SMILES string of the molecule is Cc1ccc(C)c(OCC(=O)NC(C)CCC(=O)O)c1. The summed E-state index contributed by atoms with van der Waals surface area (Å²) in [5, 5.41) is 11.3. The van der Waals surface area contributed by atoms with Crippen LogP contribution in [0.1, 0.15) is 30.9 Å². The summed E-state index contributed by atoms with van der Waals surface area (Å²) >= 11 is 0. The molecule has 20 heavy (non-hydrogen) atoms. The van der Waals surface area contributed by atoms with Crippen molar-refractivity contribution in [2.45, 2.75) is 39.7 Å². The van der Waals surface area contributed by atoms with Crippen molar-refractivity contribution in [2.75, 3.05) is 6.61 Å². The summed E-state index contributed by atoms with van der Waals surface area (Å²) in [5.74, 6) is -0.417. The Morgan fingerprint density at radius 3 is 2.70 bits per heavy atom. The zero-order valence-electron chi connectivity index (χ0n) is 12.1. The first-order valence-electron chi connectivity index (χ1n) is 6.59. The molecule has 0 heterocycles. The lowest BCUT2D eigenvalue weighted by molar-refractivity contribution is -0.137. The number of ether oxygens (including phenoxy) is 1. The van der Waals surface area contributed by atoms with Crippen LogP contribution in [-0.2, 0) is 9.59 Å². The van der Waals surface area contributed by atoms with Crippen molar-refractivity contribution in [2.24, 2.45) is 0 Å². The number of benzene rings is 1. The van der Waals surface area contributed by atoms with E-state index in [0.29, 0.717) is 12.2 Å². The first-order valence-corrected chi connectivity index (χ1v) is 6.59. The van der Waals surface area contributed by atoms with Gasteiger partial charge in [0.15, 0.2) is 6.61 Å². The largest absolute Gasteiger partial charge is 0.483 e. The van der Waals surface area contributed by atoms with Gasteiger partial charge in [-0.15, -0.1) is 0 Å². The van der Waals surface area contributed by atoms with E-state index in [-0.39, 0.29) is 25.0 Å². The van der Waals surface area contributed by atoms with Gasteiger partial charge in [-0.05, 0) is 44.4 Å². The Morgan fingerprint density at radius 2 is 2.05 bits per heavy atom. The molecule has 1 atom stereocenters. The molecule has 0 spiro atoms. The summed E-state index contributed by atoms with van der Waals surface area (Å²) in [5.41, 5.74) is 2.04. The van der Waals surface area contributed by atoms with E-state index >= 15 is 0 Å². The van der Waals surface area contributed by atoms with Gasteiger partial charge in [-0.1, -0.05) is 12.1 Å². The maximum absolute atomic E-state index is 11.7. The second-order valence-electron chi connectivity index (χ2n) is 4.96. The average molecular weight is 279 g/mol. The smallest absolute Gasteiger partial charge is 0.303 e. The van der Waals surface area contributed by atoms with Gasteiger partial charge >= 0.3 is 5.97 Å². The number of nitrogens with one attached hydrogen (secondary N) is 1. The third kappa shape index (κ3) is 5.73. The fraction of sp³-hybridized carbons (Fsp3) is 0.467. The average Bonchev–Trinajstić information content (AvgIpc) is 2.37. The summed E-state index contributed by atoms with van der Waals surface area (Å²) in [6.07, 6.45) is 0.448. The van der Waals surface area contributed by atoms with Gasteiger partial charge in [0.25, 0.3) is 5.91 Å². The number of hydrogen-bond donors (Lipinski definition) is 2. The monoisotopic (exact) mass is 279 g/mol. The molecule has 5 heteroatoms. The Bertz CT molecular complexity index is 485. The third-order valence-corrected chi connectivity index (χ3v) is 2.90. The number of carboxylic acid groups (broad SMARTS) is 1. The molecule has 1 aromatic rings. The molecule has 0 aliphatic carbocycles. The standard InChI is InChI=1S/C15H21NO4/c1-10-4-5-11(2)13(8-10)20-9-14(17)16-12(3)6-7-15(18)19/h4-5,8,12H,6-7,9H2,1-3H3,(H,16,17)(H,18,19). The second kappa shape index (κ2) is 7.53. The molecule has 0 fully saturated rings. The van der Waals surface area contributed by atoms with Crippen LogP contribution in [-0.4, -0.2) is 29.6 Å². The Hall–Kier alpha value is -2.04. The highest BCUT2D eigenvalue weighted by atomic mass is 16.5. The maximum atomic E-state index is 11.7. The van der Waals surface area contributed by atoms with Gasteiger partial charge in [-0.2, -0.15) is 0 Å². The predicted molar refractivity (Wildman–Crippen MR) is 75.9 cm³/mol. The fourth-order valence-electron chi connectivity index (χ4n) is 1.73. The molecule has 1 unspecified atom stereocenters. The summed E-state index contributed by atoms with van der Waals surface area (Å²) in [6, 6.07) is 5.63. The van der Waals surface area contributed by atoms with Crippen LogP contribution in [0, 0.1) is 13.8 Å². The normalized spacial score (nSPS) is 11.8. The molecule has 0 saturated heterocycles. The van der Waals surface area contributed by atoms with Crippen LogP contribution in [0.2, 0.25) is 0 Å². The van der Waals surface area contributed by atoms with E-state index in [1.54, 1.807) is 6.92 Å². The molecule has 2 N–H and O–H groups in total. The first-order chi connectivity index (χ1) is 9.38. The zero-order valence-corrected chi connectivity index (χ0v) is 12.1. The molecule has 5 nitrogen and oxygen atoms in total. The Morgan fingerprint density at radius 1 is 1.35 bits per heavy atom. The minimum atomic E-state index is -0.863. The van der Waals surface area contributed by atoms with Crippen molar-refractivity contribution in [3.05, 3.63) is 29.3 Å². The summed E-state index contributed by atoms with van der Waals surface area (Å²) in [6.45, 7) is 5.59. The Balaban J connectivity index is 2.39. The van der Waals surface area contributed by atoms with Crippen LogP contribution in [0.15, 0.2) is 18.2 Å². The Kier molecular flexibility index (Phi) is 6.03. The summed E-state index contributed by atoms with van der Waals surface area (Å²) in [4.78, 5) is 22.1. The number of hydrogen-bond acceptors (Lipinski definition) is 3. The number of aliphatic carboxylic acids is 1. The molecular weight excluding hydrogens is 258 g/mol. The van der Waals surface area contributed by atoms with Crippen LogP contribution in [0.3, 0.4) is 0 Å². The van der Waals surface area contributed by atoms with Crippen LogP contribution in [0.5, 0.6) is 5.75 Å². The van der Waals surface area contributed by atoms with E-state index in [9.17, 15) is 9.59 Å². The topological polar surface area (TPSA) is 75.6 Å². The van der Waals surface area contributed by atoms with Gasteiger partial charge in [-0.3, -0.25) is 9.59 Å². The number of amides is 1. The first kappa shape index (κ1) is 16.0. The highest BCUT2D eigenvalue weighted by Gasteiger charge is 2.10. The summed E-state index contributed by atoms with van der Waals surface area (Å²) in [7, 11) is 0. The zero-order chi connectivity index (χ0) is 15.1. The number of carbonyl (C=O) groups is 2. The molecule has 0 saturated carbocycles. The quantitative estimate of drug-likeness (QED) is 0.801. The highest BCUT2D eigenvalue weighted by molar-refractivity contribution is 5.78. The summed E-state index contributed by atoms with van der Waals surface area (Å²) < 4.78 is 5.48. The molecule has 0 aromatic heterocycles. The van der Waals surface area contributed by atoms with Crippen molar-refractivity contribution in [3.63, 3.8) is 0 Å².